The Morgan fingerprint density at radius 2 is 1.79 bits per heavy atom. The molecule has 1 spiro atoms. The molecule has 2 aliphatic rings. The largest absolute Gasteiger partial charge is 0.370 e. The number of nitrogens with zero attached hydrogens (tertiary/aromatic N) is 2. The van der Waals surface area contributed by atoms with Crippen LogP contribution in [0.25, 0.3) is 0 Å². The van der Waals surface area contributed by atoms with Crippen LogP contribution in [0.5, 0.6) is 0 Å². The third kappa shape index (κ3) is 2.16. The molecule has 4 rings (SSSR count). The van der Waals surface area contributed by atoms with Crippen LogP contribution in [0.4, 0.5) is 15.8 Å². The van der Waals surface area contributed by atoms with E-state index in [0.29, 0.717) is 16.9 Å². The molecule has 2 aromatic carbocycles. The van der Waals surface area contributed by atoms with E-state index in [1.54, 1.807) is 30.3 Å². The van der Waals surface area contributed by atoms with Crippen molar-refractivity contribution in [2.75, 3.05) is 10.6 Å². The molecule has 0 aromatic heterocycles. The molecule has 0 fully saturated rings. The van der Waals surface area contributed by atoms with E-state index in [1.807, 2.05) is 6.07 Å². The van der Waals surface area contributed by atoms with Gasteiger partial charge < -0.3 is 16.4 Å². The van der Waals surface area contributed by atoms with E-state index in [-0.39, 0.29) is 23.6 Å². The van der Waals surface area contributed by atoms with Crippen molar-refractivity contribution < 1.29 is 9.18 Å². The van der Waals surface area contributed by atoms with Crippen LogP contribution < -0.4 is 21.7 Å². The molecule has 0 saturated carbocycles. The standard InChI is InChI=1S/C16H13FN6O/c17-9-5-7-10(8-6-9)19-15-21-14(18)22-16(23-15)11-3-1-2-4-12(11)20-13(16)24/h1-8H,(H,20,24)(H4,18,19,21,22,23). The minimum atomic E-state index is -1.46. The first-order valence-corrected chi connectivity index (χ1v) is 7.22. The van der Waals surface area contributed by atoms with Crippen LogP contribution in [0, 0.1) is 5.82 Å². The quantitative estimate of drug-likeness (QED) is 0.635. The first-order chi connectivity index (χ1) is 11.6. The Morgan fingerprint density at radius 1 is 1.04 bits per heavy atom. The molecule has 1 unspecified atom stereocenters. The van der Waals surface area contributed by atoms with Gasteiger partial charge >= 0.3 is 0 Å². The molecule has 0 bridgehead atoms. The van der Waals surface area contributed by atoms with Gasteiger partial charge in [-0.15, -0.1) is 0 Å². The number of guanidine groups is 2. The lowest BCUT2D eigenvalue weighted by molar-refractivity contribution is -0.120. The molecular weight excluding hydrogens is 311 g/mol. The fraction of sp³-hybridized carbons (Fsp3) is 0.0625. The molecule has 2 aromatic rings. The van der Waals surface area contributed by atoms with Crippen LogP contribution in [0.1, 0.15) is 5.56 Å². The highest BCUT2D eigenvalue weighted by Crippen LogP contribution is 2.40. The van der Waals surface area contributed by atoms with Crippen LogP contribution >= 0.6 is 0 Å². The van der Waals surface area contributed by atoms with Crippen LogP contribution in [0.15, 0.2) is 58.5 Å². The molecule has 8 heteroatoms. The average Bonchev–Trinajstić information content (AvgIpc) is 2.81. The van der Waals surface area contributed by atoms with Gasteiger partial charge in [0.1, 0.15) is 5.82 Å². The Morgan fingerprint density at radius 3 is 2.58 bits per heavy atom. The summed E-state index contributed by atoms with van der Waals surface area (Å²) < 4.78 is 13.0. The number of nitrogens with one attached hydrogen (secondary N) is 3. The zero-order valence-corrected chi connectivity index (χ0v) is 12.4. The number of fused-ring (bicyclic) bond motifs is 2. The van der Waals surface area contributed by atoms with Crippen molar-refractivity contribution in [2.24, 2.45) is 15.7 Å². The maximum absolute atomic E-state index is 13.0. The number of aliphatic imine (C=N–C) groups is 2. The van der Waals surface area contributed by atoms with Gasteiger partial charge in [0.05, 0.1) is 0 Å². The summed E-state index contributed by atoms with van der Waals surface area (Å²) in [5, 5.41) is 8.50. The molecule has 0 radical (unpaired) electrons. The fourth-order valence-electron chi connectivity index (χ4n) is 2.72. The van der Waals surface area contributed by atoms with E-state index < -0.39 is 5.66 Å². The predicted octanol–water partition coefficient (Wildman–Crippen LogP) is 1.32. The van der Waals surface area contributed by atoms with E-state index in [4.69, 9.17) is 5.73 Å². The number of para-hydroxylation sites is 1. The van der Waals surface area contributed by atoms with Crippen molar-refractivity contribution in [1.82, 2.24) is 5.32 Å². The topological polar surface area (TPSA) is 104 Å². The van der Waals surface area contributed by atoms with Crippen LogP contribution in [0.3, 0.4) is 0 Å². The molecule has 2 aliphatic heterocycles. The number of hydrogen-bond donors (Lipinski definition) is 4. The summed E-state index contributed by atoms with van der Waals surface area (Å²) in [5.74, 6) is -0.422. The molecule has 0 saturated heterocycles. The van der Waals surface area contributed by atoms with Crippen molar-refractivity contribution in [3.8, 4) is 0 Å². The average molecular weight is 324 g/mol. The highest BCUT2D eigenvalue weighted by Gasteiger charge is 2.49. The number of benzene rings is 2. The third-order valence-electron chi connectivity index (χ3n) is 3.78. The Balaban J connectivity index is 1.76. The lowest BCUT2D eigenvalue weighted by Gasteiger charge is -2.26. The smallest absolute Gasteiger partial charge is 0.280 e. The van der Waals surface area contributed by atoms with Crippen LogP contribution in [-0.4, -0.2) is 17.8 Å². The summed E-state index contributed by atoms with van der Waals surface area (Å²) in [6.07, 6.45) is 0. The number of nitrogens with two attached hydrogens (primary N) is 1. The second kappa shape index (κ2) is 5.05. The maximum atomic E-state index is 13.0. The van der Waals surface area contributed by atoms with E-state index in [0.717, 1.165) is 0 Å². The zero-order chi connectivity index (χ0) is 16.7. The maximum Gasteiger partial charge on any atom is 0.280 e. The van der Waals surface area contributed by atoms with E-state index in [9.17, 15) is 9.18 Å². The minimum Gasteiger partial charge on any atom is -0.370 e. The summed E-state index contributed by atoms with van der Waals surface area (Å²) >= 11 is 0. The number of carbonyl (C=O) groups excluding carboxylic acids is 1. The predicted molar refractivity (Wildman–Crippen MR) is 89.0 cm³/mol. The van der Waals surface area contributed by atoms with Gasteiger partial charge in [-0.05, 0) is 30.3 Å². The summed E-state index contributed by atoms with van der Waals surface area (Å²) in [4.78, 5) is 21.2. The Hall–Kier alpha value is -3.42. The second-order valence-electron chi connectivity index (χ2n) is 5.39. The summed E-state index contributed by atoms with van der Waals surface area (Å²) in [6, 6.07) is 12.9. The summed E-state index contributed by atoms with van der Waals surface area (Å²) in [5.41, 5.74) is 6.25. The van der Waals surface area contributed by atoms with Gasteiger partial charge in [0.2, 0.25) is 5.96 Å². The molecule has 2 heterocycles. The van der Waals surface area contributed by atoms with E-state index >= 15 is 0 Å². The SMILES string of the molecule is NC1=NC2(N=C(Nc3ccc(F)cc3)N1)C(=O)Nc1ccccc12. The monoisotopic (exact) mass is 324 g/mol. The van der Waals surface area contributed by atoms with Gasteiger partial charge in [-0.25, -0.2) is 14.4 Å². The van der Waals surface area contributed by atoms with Crippen LogP contribution in [0.2, 0.25) is 0 Å². The van der Waals surface area contributed by atoms with Crippen molar-refractivity contribution in [3.63, 3.8) is 0 Å². The highest BCUT2D eigenvalue weighted by atomic mass is 19.1. The Kier molecular flexibility index (Phi) is 2.99. The highest BCUT2D eigenvalue weighted by molar-refractivity contribution is 6.13. The molecule has 5 N–H and O–H groups in total. The molecule has 24 heavy (non-hydrogen) atoms. The second-order valence-corrected chi connectivity index (χ2v) is 5.39. The van der Waals surface area contributed by atoms with Gasteiger partial charge in [-0.1, -0.05) is 18.2 Å². The molecule has 120 valence electrons. The van der Waals surface area contributed by atoms with Gasteiger partial charge in [-0.2, -0.15) is 0 Å². The third-order valence-corrected chi connectivity index (χ3v) is 3.78. The van der Waals surface area contributed by atoms with Crippen LogP contribution in [-0.2, 0) is 10.5 Å². The molecule has 1 amide bonds. The number of carbonyl (C=O) groups is 1. The van der Waals surface area contributed by atoms with Gasteiger partial charge in [0.15, 0.2) is 5.96 Å². The normalized spacial score (nSPS) is 21.5. The van der Waals surface area contributed by atoms with Crippen molar-refractivity contribution in [2.45, 2.75) is 5.66 Å². The lowest BCUT2D eigenvalue weighted by Crippen LogP contribution is -2.49. The molecule has 1 atom stereocenters. The first kappa shape index (κ1) is 14.2. The number of hydrogen-bond acceptors (Lipinski definition) is 6. The first-order valence-electron chi connectivity index (χ1n) is 7.22. The van der Waals surface area contributed by atoms with E-state index in [2.05, 4.69) is 25.9 Å². The molecular formula is C16H13FN6O. The Bertz CT molecular complexity index is 892. The van der Waals surface area contributed by atoms with Gasteiger partial charge in [-0.3, -0.25) is 10.1 Å². The molecule has 0 aliphatic carbocycles. The molecule has 7 nitrogen and oxygen atoms in total. The minimum absolute atomic E-state index is 0.0569. The van der Waals surface area contributed by atoms with Crippen molar-refractivity contribution >= 4 is 29.2 Å². The van der Waals surface area contributed by atoms with Gasteiger partial charge in [0.25, 0.3) is 11.6 Å². The number of rotatable bonds is 1. The summed E-state index contributed by atoms with van der Waals surface area (Å²) in [6.45, 7) is 0. The van der Waals surface area contributed by atoms with Gasteiger partial charge in [0, 0.05) is 16.9 Å². The number of anilines is 2. The van der Waals surface area contributed by atoms with Crippen molar-refractivity contribution in [3.05, 3.63) is 59.9 Å². The van der Waals surface area contributed by atoms with E-state index in [1.165, 1.54) is 12.1 Å². The Labute approximate surface area is 136 Å². The fourth-order valence-corrected chi connectivity index (χ4v) is 2.72. The van der Waals surface area contributed by atoms with Crippen molar-refractivity contribution in [1.29, 1.82) is 0 Å². The number of amides is 1. The summed E-state index contributed by atoms with van der Waals surface area (Å²) in [7, 11) is 0. The lowest BCUT2D eigenvalue weighted by atomic mass is 10.0. The number of halogens is 1. The zero-order valence-electron chi connectivity index (χ0n) is 12.4.